The second-order valence-electron chi connectivity index (χ2n) is 17.0. The Labute approximate surface area is 363 Å². The zero-order valence-electron chi connectivity index (χ0n) is 36.4. The van der Waals surface area contributed by atoms with Gasteiger partial charge in [-0.3, -0.25) is 28.8 Å². The Balaban J connectivity index is 1.33. The summed E-state index contributed by atoms with van der Waals surface area (Å²) in [6, 6.07) is 19.5. The van der Waals surface area contributed by atoms with Crippen LogP contribution in [0.1, 0.15) is 70.6 Å². The van der Waals surface area contributed by atoms with Crippen molar-refractivity contribution < 1.29 is 52.6 Å². The Kier molecular flexibility index (Phi) is 16.8. The maximum absolute atomic E-state index is 14.3. The van der Waals surface area contributed by atoms with E-state index in [1.54, 1.807) is 26.8 Å². The molecule has 0 spiro atoms. The minimum atomic E-state index is -1.08. The fourth-order valence-electron chi connectivity index (χ4n) is 7.60. The van der Waals surface area contributed by atoms with E-state index in [0.717, 1.165) is 16.7 Å². The van der Waals surface area contributed by atoms with Gasteiger partial charge in [-0.25, -0.2) is 0 Å². The highest BCUT2D eigenvalue weighted by Gasteiger charge is 2.49. The number of hydrogen-bond acceptors (Lipinski definition) is 10. The molecule has 0 unspecified atom stereocenters. The minimum Gasteiger partial charge on any atom is -0.504 e. The highest BCUT2D eigenvalue weighted by Crippen LogP contribution is 2.30. The molecule has 5 atom stereocenters. The lowest BCUT2D eigenvalue weighted by Crippen LogP contribution is -2.61. The number of carbonyl (C=O) groups is 6. The van der Waals surface area contributed by atoms with Gasteiger partial charge in [0.1, 0.15) is 43.4 Å². The summed E-state index contributed by atoms with van der Waals surface area (Å²) >= 11 is 0. The SMILES string of the molecule is CCC(=O)Oc1ccc(C[N+]2(CC(=O)N[C@@H](CCc3ccccc3)C(=O)N[C@@H](CC(C)C)C(=O)N[C@@H](Cc3ccccc3)C(=O)N[C@@H](C)C(=O)[C@@]3(C)CO3)CCOCC2)cc1O. The highest BCUT2D eigenvalue weighted by molar-refractivity contribution is 5.98. The van der Waals surface area contributed by atoms with Crippen LogP contribution >= 0.6 is 0 Å². The van der Waals surface area contributed by atoms with Crippen molar-refractivity contribution in [3.05, 3.63) is 95.6 Å². The van der Waals surface area contributed by atoms with E-state index in [1.165, 1.54) is 12.1 Å². The van der Waals surface area contributed by atoms with Gasteiger partial charge >= 0.3 is 5.97 Å². The van der Waals surface area contributed by atoms with Gasteiger partial charge in [-0.05, 0) is 68.4 Å². The molecule has 3 aromatic carbocycles. The maximum atomic E-state index is 14.3. The van der Waals surface area contributed by atoms with Gasteiger partial charge in [0, 0.05) is 18.4 Å². The predicted octanol–water partition coefficient (Wildman–Crippen LogP) is 3.29. The molecule has 4 amide bonds. The zero-order chi connectivity index (χ0) is 44.9. The summed E-state index contributed by atoms with van der Waals surface area (Å²) in [6.45, 7) is 11.2. The molecule has 15 heteroatoms. The minimum absolute atomic E-state index is 0.00417. The monoisotopic (exact) mass is 856 g/mol. The maximum Gasteiger partial charge on any atom is 0.311 e. The summed E-state index contributed by atoms with van der Waals surface area (Å²) in [5.74, 6) is -2.98. The zero-order valence-corrected chi connectivity index (χ0v) is 36.4. The van der Waals surface area contributed by atoms with E-state index in [4.69, 9.17) is 14.2 Å². The number of benzene rings is 3. The molecular formula is C47H62N5O10+. The molecular weight excluding hydrogens is 795 g/mol. The summed E-state index contributed by atoms with van der Waals surface area (Å²) in [5, 5.41) is 22.2. The van der Waals surface area contributed by atoms with E-state index in [2.05, 4.69) is 21.3 Å². The van der Waals surface area contributed by atoms with E-state index in [1.807, 2.05) is 74.5 Å². The van der Waals surface area contributed by atoms with Crippen molar-refractivity contribution in [3.8, 4) is 11.5 Å². The number of nitrogens with zero attached hydrogens (tertiary/aromatic N) is 1. The molecule has 2 aliphatic heterocycles. The van der Waals surface area contributed by atoms with Crippen molar-refractivity contribution in [1.82, 2.24) is 21.3 Å². The molecule has 0 saturated carbocycles. The summed E-state index contributed by atoms with van der Waals surface area (Å²) in [5.41, 5.74) is 1.52. The first-order chi connectivity index (χ1) is 29.6. The van der Waals surface area contributed by atoms with E-state index in [0.29, 0.717) is 39.3 Å². The van der Waals surface area contributed by atoms with Crippen molar-refractivity contribution in [2.24, 2.45) is 5.92 Å². The van der Waals surface area contributed by atoms with Crippen LogP contribution in [-0.4, -0.2) is 114 Å². The summed E-state index contributed by atoms with van der Waals surface area (Å²) in [4.78, 5) is 81.2. The molecule has 0 aromatic heterocycles. The average Bonchev–Trinajstić information content (AvgIpc) is 4.01. The number of epoxide rings is 1. The van der Waals surface area contributed by atoms with Crippen LogP contribution in [0, 0.1) is 5.92 Å². The first-order valence-corrected chi connectivity index (χ1v) is 21.5. The quantitative estimate of drug-likeness (QED) is 0.0432. The number of amides is 4. The van der Waals surface area contributed by atoms with Gasteiger partial charge in [-0.1, -0.05) is 81.4 Å². The van der Waals surface area contributed by atoms with E-state index < -0.39 is 53.5 Å². The predicted molar refractivity (Wildman–Crippen MR) is 231 cm³/mol. The number of rotatable bonds is 22. The summed E-state index contributed by atoms with van der Waals surface area (Å²) in [7, 11) is 0. The summed E-state index contributed by atoms with van der Waals surface area (Å²) < 4.78 is 16.5. The number of hydrogen-bond donors (Lipinski definition) is 5. The summed E-state index contributed by atoms with van der Waals surface area (Å²) in [6.07, 6.45) is 1.22. The van der Waals surface area contributed by atoms with Crippen molar-refractivity contribution >= 4 is 35.4 Å². The van der Waals surface area contributed by atoms with Crippen LogP contribution in [0.3, 0.4) is 0 Å². The van der Waals surface area contributed by atoms with Crippen LogP contribution in [0.25, 0.3) is 0 Å². The lowest BCUT2D eigenvalue weighted by Gasteiger charge is -2.41. The smallest absolute Gasteiger partial charge is 0.311 e. The van der Waals surface area contributed by atoms with E-state index in [9.17, 15) is 33.9 Å². The normalized spacial score (nSPS) is 18.6. The third-order valence-corrected chi connectivity index (χ3v) is 11.3. The molecule has 2 aliphatic rings. The topological polar surface area (TPSA) is 202 Å². The standard InChI is InChI=1S/C47H61N5O10/c1-6-42(55)62-40-20-18-35(27-39(40)53)28-52(21-23-60-24-22-52)29-41(54)49-36(19-17-33-13-9-7-10-14-33)44(57)50-37(25-31(2)3)46(59)51-38(26-34-15-11-8-12-16-34)45(58)48-32(4)43(56)47(5)30-61-47/h7-16,18,20,27,31-32,36-38H,6,17,19,21-26,28-30H2,1-5H3,(H4-,48,49,50,51,53,54,57,58,59)/p+1/t32-,36-,37-,38-,47+/m0/s1. The molecule has 62 heavy (non-hydrogen) atoms. The van der Waals surface area contributed by atoms with Crippen LogP contribution in [0.4, 0.5) is 0 Å². The number of phenols is 1. The van der Waals surface area contributed by atoms with E-state index in [-0.39, 0.29) is 72.4 Å². The van der Waals surface area contributed by atoms with Gasteiger partial charge in [-0.2, -0.15) is 0 Å². The molecule has 3 aromatic rings. The molecule has 5 N–H and O–H groups in total. The van der Waals surface area contributed by atoms with Crippen LogP contribution in [0.5, 0.6) is 11.5 Å². The third-order valence-electron chi connectivity index (χ3n) is 11.3. The Morgan fingerprint density at radius 3 is 1.97 bits per heavy atom. The lowest BCUT2D eigenvalue weighted by molar-refractivity contribution is -0.940. The molecule has 2 fully saturated rings. The lowest BCUT2D eigenvalue weighted by atomic mass is 9.99. The van der Waals surface area contributed by atoms with Crippen molar-refractivity contribution in [3.63, 3.8) is 0 Å². The molecule has 0 bridgehead atoms. The number of carbonyl (C=O) groups excluding carboxylic acids is 6. The van der Waals surface area contributed by atoms with Crippen molar-refractivity contribution in [1.29, 1.82) is 0 Å². The Morgan fingerprint density at radius 1 is 0.774 bits per heavy atom. The van der Waals surface area contributed by atoms with Gasteiger partial charge in [0.15, 0.2) is 23.8 Å². The Bertz CT molecular complexity index is 2020. The number of Topliss-reactive ketones (excluding diaryl/α,β-unsaturated/α-hetero) is 1. The van der Waals surface area contributed by atoms with Gasteiger partial charge in [0.25, 0.3) is 5.91 Å². The first kappa shape index (κ1) is 47.4. The number of aromatic hydroxyl groups is 1. The van der Waals surface area contributed by atoms with E-state index >= 15 is 0 Å². The number of phenolic OH excluding ortho intramolecular Hbond substituents is 1. The van der Waals surface area contributed by atoms with Crippen LogP contribution in [0.15, 0.2) is 78.9 Å². The first-order valence-electron chi connectivity index (χ1n) is 21.5. The van der Waals surface area contributed by atoms with Crippen LogP contribution < -0.4 is 26.0 Å². The molecule has 5 rings (SSSR count). The molecule has 2 heterocycles. The molecule has 0 radical (unpaired) electrons. The number of ketones is 1. The number of morpholine rings is 1. The second kappa shape index (κ2) is 21.9. The molecule has 334 valence electrons. The van der Waals surface area contributed by atoms with Crippen molar-refractivity contribution in [2.75, 3.05) is 39.5 Å². The fourth-order valence-corrected chi connectivity index (χ4v) is 7.60. The Morgan fingerprint density at radius 2 is 1.37 bits per heavy atom. The number of nitrogens with one attached hydrogen (secondary N) is 4. The number of ether oxygens (including phenoxy) is 3. The van der Waals surface area contributed by atoms with Crippen molar-refractivity contribution in [2.45, 2.75) is 103 Å². The Hall–Kier alpha value is -5.64. The molecule has 15 nitrogen and oxygen atoms in total. The van der Waals surface area contributed by atoms with Crippen LogP contribution in [0.2, 0.25) is 0 Å². The van der Waals surface area contributed by atoms with Gasteiger partial charge in [0.2, 0.25) is 17.7 Å². The van der Waals surface area contributed by atoms with Gasteiger partial charge < -0.3 is 45.1 Å². The van der Waals surface area contributed by atoms with Gasteiger partial charge in [-0.15, -0.1) is 0 Å². The highest BCUT2D eigenvalue weighted by atomic mass is 16.6. The van der Waals surface area contributed by atoms with Gasteiger partial charge in [0.05, 0.1) is 25.9 Å². The largest absolute Gasteiger partial charge is 0.504 e. The molecule has 0 aliphatic carbocycles. The van der Waals surface area contributed by atoms with Crippen LogP contribution in [-0.2, 0) is 57.6 Å². The third kappa shape index (κ3) is 13.9. The second-order valence-corrected chi connectivity index (χ2v) is 17.0. The number of quaternary nitrogens is 1. The average molecular weight is 857 g/mol. The fraction of sp³-hybridized carbons (Fsp3) is 0.489. The molecule has 2 saturated heterocycles. The number of esters is 1. The number of aryl methyl sites for hydroxylation is 1.